The summed E-state index contributed by atoms with van der Waals surface area (Å²) in [6.45, 7) is 10.8. The van der Waals surface area contributed by atoms with Gasteiger partial charge in [-0.05, 0) is 39.2 Å². The number of carbonyl (C=O) groups excluding carboxylic acids is 2. The van der Waals surface area contributed by atoms with Gasteiger partial charge < -0.3 is 15.5 Å². The largest absolute Gasteiger partial charge is 0.342 e. The van der Waals surface area contributed by atoms with Crippen molar-refractivity contribution in [3.05, 3.63) is 0 Å². The summed E-state index contributed by atoms with van der Waals surface area (Å²) in [6, 6.07) is 0. The summed E-state index contributed by atoms with van der Waals surface area (Å²) >= 11 is 0. The van der Waals surface area contributed by atoms with Crippen molar-refractivity contribution in [2.24, 2.45) is 17.1 Å². The predicted octanol–water partition coefficient (Wildman–Crippen LogP) is 0.831. The number of hydrogen-bond donors (Lipinski definition) is 1. The fourth-order valence-electron chi connectivity index (χ4n) is 3.16. The van der Waals surface area contributed by atoms with Gasteiger partial charge in [0.2, 0.25) is 11.8 Å². The second kappa shape index (κ2) is 5.02. The molecule has 20 heavy (non-hydrogen) atoms. The average Bonchev–Trinajstić information content (AvgIpc) is 2.92. The molecule has 2 rings (SSSR count). The van der Waals surface area contributed by atoms with Gasteiger partial charge in [0, 0.05) is 31.6 Å². The Bertz CT molecular complexity index is 416. The van der Waals surface area contributed by atoms with Crippen LogP contribution in [0.25, 0.3) is 0 Å². The topological polar surface area (TPSA) is 66.6 Å². The van der Waals surface area contributed by atoms with Gasteiger partial charge in [0.05, 0.1) is 5.92 Å². The molecule has 114 valence electrons. The number of hydrogen-bond acceptors (Lipinski definition) is 3. The van der Waals surface area contributed by atoms with E-state index >= 15 is 0 Å². The van der Waals surface area contributed by atoms with E-state index in [0.717, 1.165) is 19.5 Å². The molecule has 2 aliphatic heterocycles. The smallest absolute Gasteiger partial charge is 0.228 e. The van der Waals surface area contributed by atoms with E-state index in [1.807, 2.05) is 30.6 Å². The highest BCUT2D eigenvalue weighted by atomic mass is 16.2. The van der Waals surface area contributed by atoms with E-state index in [1.54, 1.807) is 0 Å². The van der Waals surface area contributed by atoms with Gasteiger partial charge in [-0.25, -0.2) is 0 Å². The second-order valence-corrected chi connectivity index (χ2v) is 7.60. The molecule has 2 N–H and O–H groups in total. The lowest BCUT2D eigenvalue weighted by Gasteiger charge is -2.32. The predicted molar refractivity (Wildman–Crippen MR) is 77.9 cm³/mol. The van der Waals surface area contributed by atoms with Crippen LogP contribution >= 0.6 is 0 Å². The van der Waals surface area contributed by atoms with Gasteiger partial charge in [-0.15, -0.1) is 0 Å². The minimum Gasteiger partial charge on any atom is -0.342 e. The normalized spacial score (nSPS) is 31.2. The molecule has 2 saturated heterocycles. The van der Waals surface area contributed by atoms with Crippen LogP contribution in [0.4, 0.5) is 0 Å². The molecule has 0 aromatic heterocycles. The fourth-order valence-corrected chi connectivity index (χ4v) is 3.16. The molecule has 0 aromatic carbocycles. The minimum atomic E-state index is -0.205. The van der Waals surface area contributed by atoms with Crippen LogP contribution in [0.15, 0.2) is 0 Å². The van der Waals surface area contributed by atoms with Crippen LogP contribution in [0.1, 0.15) is 40.5 Å². The zero-order valence-electron chi connectivity index (χ0n) is 13.1. The number of amides is 2. The van der Waals surface area contributed by atoms with Crippen LogP contribution in [-0.2, 0) is 9.59 Å². The zero-order chi connectivity index (χ0) is 15.1. The number of nitrogens with two attached hydrogens (primary N) is 1. The first-order valence-electron chi connectivity index (χ1n) is 7.46. The number of carbonyl (C=O) groups is 2. The third-order valence-corrected chi connectivity index (χ3v) is 4.65. The van der Waals surface area contributed by atoms with E-state index in [2.05, 4.69) is 6.92 Å². The first kappa shape index (κ1) is 15.3. The monoisotopic (exact) mass is 281 g/mol. The van der Waals surface area contributed by atoms with Gasteiger partial charge in [0.1, 0.15) is 0 Å². The SMILES string of the molecule is CC1(CN)CCN(C(=O)C2CC(=O)N(C(C)(C)C)C2)C1. The average molecular weight is 281 g/mol. The standard InChI is InChI=1S/C15H27N3O2/c1-14(2,3)18-8-11(7-12(18)19)13(20)17-6-5-15(4,9-16)10-17/h11H,5-10,16H2,1-4H3. The molecule has 0 aromatic rings. The third-order valence-electron chi connectivity index (χ3n) is 4.65. The molecule has 0 spiro atoms. The number of likely N-dealkylation sites (tertiary alicyclic amines) is 2. The molecule has 0 aliphatic carbocycles. The summed E-state index contributed by atoms with van der Waals surface area (Å²) in [6.07, 6.45) is 1.31. The van der Waals surface area contributed by atoms with Crippen molar-refractivity contribution >= 4 is 11.8 Å². The molecule has 2 aliphatic rings. The van der Waals surface area contributed by atoms with E-state index in [1.165, 1.54) is 0 Å². The maximum absolute atomic E-state index is 12.6. The van der Waals surface area contributed by atoms with Crippen molar-refractivity contribution in [1.82, 2.24) is 9.80 Å². The Morgan fingerprint density at radius 1 is 1.45 bits per heavy atom. The molecule has 0 bridgehead atoms. The van der Waals surface area contributed by atoms with Crippen molar-refractivity contribution in [3.63, 3.8) is 0 Å². The highest BCUT2D eigenvalue weighted by Crippen LogP contribution is 2.32. The van der Waals surface area contributed by atoms with Crippen molar-refractivity contribution in [1.29, 1.82) is 0 Å². The third kappa shape index (κ3) is 2.82. The Hall–Kier alpha value is -1.10. The van der Waals surface area contributed by atoms with Crippen LogP contribution in [0.2, 0.25) is 0 Å². The summed E-state index contributed by atoms with van der Waals surface area (Å²) in [5.74, 6) is 0.0424. The minimum absolute atomic E-state index is 0.0436. The van der Waals surface area contributed by atoms with Gasteiger partial charge >= 0.3 is 0 Å². The fraction of sp³-hybridized carbons (Fsp3) is 0.867. The maximum atomic E-state index is 12.6. The van der Waals surface area contributed by atoms with Gasteiger partial charge in [-0.3, -0.25) is 9.59 Å². The molecular weight excluding hydrogens is 254 g/mol. The molecule has 0 saturated carbocycles. The molecule has 2 unspecified atom stereocenters. The molecule has 0 radical (unpaired) electrons. The van der Waals surface area contributed by atoms with Crippen molar-refractivity contribution in [3.8, 4) is 0 Å². The molecule has 2 heterocycles. The summed E-state index contributed by atoms with van der Waals surface area (Å²) in [7, 11) is 0. The number of nitrogens with zero attached hydrogens (tertiary/aromatic N) is 2. The van der Waals surface area contributed by atoms with Gasteiger partial charge in [0.25, 0.3) is 0 Å². The first-order valence-corrected chi connectivity index (χ1v) is 7.46. The highest BCUT2D eigenvalue weighted by molar-refractivity contribution is 5.89. The Labute approximate surface area is 121 Å². The van der Waals surface area contributed by atoms with E-state index in [9.17, 15) is 9.59 Å². The molecule has 2 amide bonds. The lowest BCUT2D eigenvalue weighted by Crippen LogP contribution is -2.43. The Balaban J connectivity index is 2.00. The summed E-state index contributed by atoms with van der Waals surface area (Å²) in [4.78, 5) is 28.4. The van der Waals surface area contributed by atoms with Gasteiger partial charge in [-0.1, -0.05) is 6.92 Å². The number of rotatable bonds is 2. The highest BCUT2D eigenvalue weighted by Gasteiger charge is 2.43. The van der Waals surface area contributed by atoms with Crippen LogP contribution < -0.4 is 5.73 Å². The maximum Gasteiger partial charge on any atom is 0.228 e. The molecule has 2 atom stereocenters. The van der Waals surface area contributed by atoms with Crippen LogP contribution in [-0.4, -0.2) is 53.3 Å². The molecule has 5 heteroatoms. The van der Waals surface area contributed by atoms with Crippen molar-refractivity contribution in [2.45, 2.75) is 46.1 Å². The quantitative estimate of drug-likeness (QED) is 0.815. The van der Waals surface area contributed by atoms with E-state index < -0.39 is 0 Å². The molecular formula is C15H27N3O2. The van der Waals surface area contributed by atoms with Crippen LogP contribution in [0.3, 0.4) is 0 Å². The molecule has 5 nitrogen and oxygen atoms in total. The van der Waals surface area contributed by atoms with Gasteiger partial charge in [0.15, 0.2) is 0 Å². The Morgan fingerprint density at radius 2 is 2.10 bits per heavy atom. The van der Waals surface area contributed by atoms with E-state index in [0.29, 0.717) is 19.5 Å². The van der Waals surface area contributed by atoms with Crippen LogP contribution in [0.5, 0.6) is 0 Å². The lowest BCUT2D eigenvalue weighted by molar-refractivity contribution is -0.135. The van der Waals surface area contributed by atoms with E-state index in [4.69, 9.17) is 5.73 Å². The lowest BCUT2D eigenvalue weighted by atomic mass is 9.90. The Kier molecular flexibility index (Phi) is 3.84. The van der Waals surface area contributed by atoms with Gasteiger partial charge in [-0.2, -0.15) is 0 Å². The Morgan fingerprint density at radius 3 is 2.55 bits per heavy atom. The van der Waals surface area contributed by atoms with Crippen LogP contribution in [0, 0.1) is 11.3 Å². The summed E-state index contributed by atoms with van der Waals surface area (Å²) in [5.41, 5.74) is 5.62. The summed E-state index contributed by atoms with van der Waals surface area (Å²) < 4.78 is 0. The van der Waals surface area contributed by atoms with E-state index in [-0.39, 0.29) is 28.7 Å². The summed E-state index contributed by atoms with van der Waals surface area (Å²) in [5, 5.41) is 0. The molecule has 2 fully saturated rings. The first-order chi connectivity index (χ1) is 9.16. The zero-order valence-corrected chi connectivity index (χ0v) is 13.1. The van der Waals surface area contributed by atoms with Crippen molar-refractivity contribution in [2.75, 3.05) is 26.2 Å². The van der Waals surface area contributed by atoms with Crippen molar-refractivity contribution < 1.29 is 9.59 Å². The second-order valence-electron chi connectivity index (χ2n) is 7.60.